The number of halogens is 1. The molecule has 6 heteroatoms. The third-order valence-electron chi connectivity index (χ3n) is 3.67. The molecule has 0 spiro atoms. The van der Waals surface area contributed by atoms with Gasteiger partial charge in [0.05, 0.1) is 17.9 Å². The molecular weight excluding hydrogens is 352 g/mol. The number of benzene rings is 1. The quantitative estimate of drug-likeness (QED) is 0.904. The van der Waals surface area contributed by atoms with Crippen LogP contribution in [0.15, 0.2) is 46.0 Å². The highest BCUT2D eigenvalue weighted by Crippen LogP contribution is 2.37. The summed E-state index contributed by atoms with van der Waals surface area (Å²) < 4.78 is 24.0. The number of aromatic nitrogens is 1. The molecule has 0 radical (unpaired) electrons. The van der Waals surface area contributed by atoms with Gasteiger partial charge in [-0.3, -0.25) is 0 Å². The monoisotopic (exact) mass is 366 g/mol. The molecule has 2 aromatic rings. The average molecular weight is 367 g/mol. The number of hydrogen-bond donors (Lipinski definition) is 1. The first kappa shape index (κ1) is 14.5. The number of rotatable bonds is 3. The highest BCUT2D eigenvalue weighted by Gasteiger charge is 2.23. The molecule has 1 aliphatic rings. The van der Waals surface area contributed by atoms with Gasteiger partial charge in [0.2, 0.25) is 0 Å². The zero-order valence-corrected chi connectivity index (χ0v) is 13.9. The van der Waals surface area contributed by atoms with E-state index in [1.165, 1.54) is 17.2 Å². The van der Waals surface area contributed by atoms with Crippen molar-refractivity contribution in [1.82, 2.24) is 4.98 Å². The Balaban J connectivity index is 1.82. The molecule has 1 aromatic heterocycles. The van der Waals surface area contributed by atoms with Gasteiger partial charge in [0.1, 0.15) is 0 Å². The van der Waals surface area contributed by atoms with Crippen LogP contribution in [0.1, 0.15) is 23.6 Å². The van der Waals surface area contributed by atoms with Crippen molar-refractivity contribution in [3.05, 3.63) is 52.1 Å². The summed E-state index contributed by atoms with van der Waals surface area (Å²) in [5, 5.41) is 3.52. The van der Waals surface area contributed by atoms with Crippen molar-refractivity contribution in [2.24, 2.45) is 0 Å². The number of anilines is 1. The van der Waals surface area contributed by atoms with Gasteiger partial charge >= 0.3 is 0 Å². The van der Waals surface area contributed by atoms with Gasteiger partial charge in [-0.1, -0.05) is 28.1 Å². The van der Waals surface area contributed by atoms with E-state index in [0.717, 1.165) is 29.3 Å². The molecule has 1 aromatic carbocycles. The van der Waals surface area contributed by atoms with Gasteiger partial charge < -0.3 is 5.32 Å². The van der Waals surface area contributed by atoms with Crippen LogP contribution in [0.3, 0.4) is 0 Å². The molecule has 0 aliphatic heterocycles. The largest absolute Gasteiger partial charge is 0.377 e. The molecule has 1 heterocycles. The van der Waals surface area contributed by atoms with Gasteiger partial charge in [0, 0.05) is 10.7 Å². The zero-order valence-electron chi connectivity index (χ0n) is 11.5. The fourth-order valence-corrected chi connectivity index (χ4v) is 3.79. The van der Waals surface area contributed by atoms with E-state index in [2.05, 4.69) is 38.4 Å². The fourth-order valence-electron chi connectivity index (χ4n) is 2.65. The summed E-state index contributed by atoms with van der Waals surface area (Å²) >= 11 is 3.58. The first-order chi connectivity index (χ1) is 9.95. The van der Waals surface area contributed by atoms with Crippen molar-refractivity contribution >= 4 is 31.5 Å². The number of sulfone groups is 1. The Morgan fingerprint density at radius 2 is 2.10 bits per heavy atom. The second-order valence-electron chi connectivity index (χ2n) is 5.20. The van der Waals surface area contributed by atoms with Crippen LogP contribution < -0.4 is 5.32 Å². The van der Waals surface area contributed by atoms with Gasteiger partial charge in [-0.2, -0.15) is 0 Å². The lowest BCUT2D eigenvalue weighted by atomic mass is 10.1. The SMILES string of the molecule is CS(=O)(=O)c1ccc(NC2CCc3c(Br)cccc32)cn1. The van der Waals surface area contributed by atoms with Crippen LogP contribution in [0.4, 0.5) is 5.69 Å². The highest BCUT2D eigenvalue weighted by molar-refractivity contribution is 9.10. The maximum atomic E-state index is 11.4. The Morgan fingerprint density at radius 3 is 2.76 bits per heavy atom. The molecule has 0 fully saturated rings. The molecular formula is C15H15BrN2O2S. The molecule has 0 saturated carbocycles. The third kappa shape index (κ3) is 2.96. The predicted molar refractivity (Wildman–Crippen MR) is 86.2 cm³/mol. The summed E-state index contributed by atoms with van der Waals surface area (Å²) in [6.45, 7) is 0. The molecule has 21 heavy (non-hydrogen) atoms. The standard InChI is InChI=1S/C15H15BrN2O2S/c1-21(19,20)15-8-5-10(9-17-15)18-14-7-6-11-12(14)3-2-4-13(11)16/h2-5,8-9,14,18H,6-7H2,1H3. The van der Waals surface area contributed by atoms with E-state index in [9.17, 15) is 8.42 Å². The summed E-state index contributed by atoms with van der Waals surface area (Å²) in [6, 6.07) is 9.76. The van der Waals surface area contributed by atoms with E-state index in [4.69, 9.17) is 0 Å². The van der Waals surface area contributed by atoms with Gasteiger partial charge in [0.25, 0.3) is 0 Å². The Kier molecular flexibility index (Phi) is 3.75. The van der Waals surface area contributed by atoms with E-state index in [-0.39, 0.29) is 11.1 Å². The van der Waals surface area contributed by atoms with Crippen LogP contribution >= 0.6 is 15.9 Å². The number of nitrogens with one attached hydrogen (secondary N) is 1. The molecule has 1 atom stereocenters. The Hall–Kier alpha value is -1.40. The molecule has 0 amide bonds. The summed E-state index contributed by atoms with van der Waals surface area (Å²) in [6.07, 6.45) is 4.79. The normalized spacial score (nSPS) is 17.5. The van der Waals surface area contributed by atoms with E-state index in [1.54, 1.807) is 12.3 Å². The molecule has 1 unspecified atom stereocenters. The molecule has 1 N–H and O–H groups in total. The van der Waals surface area contributed by atoms with Crippen LogP contribution in [-0.4, -0.2) is 19.7 Å². The summed E-state index contributed by atoms with van der Waals surface area (Å²) in [5.41, 5.74) is 3.47. The van der Waals surface area contributed by atoms with Crippen LogP contribution in [0.5, 0.6) is 0 Å². The maximum absolute atomic E-state index is 11.4. The Bertz CT molecular complexity index is 773. The molecule has 3 rings (SSSR count). The smallest absolute Gasteiger partial charge is 0.192 e. The van der Waals surface area contributed by atoms with E-state index in [1.807, 2.05) is 6.07 Å². The number of nitrogens with zero attached hydrogens (tertiary/aromatic N) is 1. The lowest BCUT2D eigenvalue weighted by Crippen LogP contribution is -2.08. The van der Waals surface area contributed by atoms with E-state index < -0.39 is 9.84 Å². The number of hydrogen-bond acceptors (Lipinski definition) is 4. The van der Waals surface area contributed by atoms with Crippen LogP contribution in [-0.2, 0) is 16.3 Å². The van der Waals surface area contributed by atoms with Crippen LogP contribution in [0.2, 0.25) is 0 Å². The molecule has 1 aliphatic carbocycles. The minimum absolute atomic E-state index is 0.0996. The average Bonchev–Trinajstić information content (AvgIpc) is 2.83. The summed E-state index contributed by atoms with van der Waals surface area (Å²) in [5.74, 6) is 0. The van der Waals surface area contributed by atoms with Crippen molar-refractivity contribution in [3.63, 3.8) is 0 Å². The molecule has 0 bridgehead atoms. The lowest BCUT2D eigenvalue weighted by molar-refractivity contribution is 0.598. The Labute approximate surface area is 132 Å². The number of fused-ring (bicyclic) bond motifs is 1. The fraction of sp³-hybridized carbons (Fsp3) is 0.267. The first-order valence-electron chi connectivity index (χ1n) is 6.65. The zero-order chi connectivity index (χ0) is 15.0. The second-order valence-corrected chi connectivity index (χ2v) is 8.02. The van der Waals surface area contributed by atoms with Crippen LogP contribution in [0.25, 0.3) is 0 Å². The summed E-state index contributed by atoms with van der Waals surface area (Å²) in [7, 11) is -3.25. The van der Waals surface area contributed by atoms with Crippen molar-refractivity contribution in [3.8, 4) is 0 Å². The lowest BCUT2D eigenvalue weighted by Gasteiger charge is -2.15. The number of pyridine rings is 1. The van der Waals surface area contributed by atoms with Crippen molar-refractivity contribution in [2.45, 2.75) is 23.9 Å². The van der Waals surface area contributed by atoms with E-state index >= 15 is 0 Å². The van der Waals surface area contributed by atoms with Gasteiger partial charge in [-0.15, -0.1) is 0 Å². The maximum Gasteiger partial charge on any atom is 0.192 e. The van der Waals surface area contributed by atoms with Crippen molar-refractivity contribution < 1.29 is 8.42 Å². The van der Waals surface area contributed by atoms with Gasteiger partial charge in [0.15, 0.2) is 14.9 Å². The second kappa shape index (κ2) is 5.42. The predicted octanol–water partition coefficient (Wildman–Crippen LogP) is 3.35. The van der Waals surface area contributed by atoms with E-state index in [0.29, 0.717) is 0 Å². The van der Waals surface area contributed by atoms with Crippen LogP contribution in [0, 0.1) is 0 Å². The van der Waals surface area contributed by atoms with Crippen molar-refractivity contribution in [1.29, 1.82) is 0 Å². The third-order valence-corrected chi connectivity index (χ3v) is 5.41. The molecule has 0 saturated heterocycles. The minimum Gasteiger partial charge on any atom is -0.377 e. The summed E-state index contributed by atoms with van der Waals surface area (Å²) in [4.78, 5) is 4.01. The van der Waals surface area contributed by atoms with Crippen molar-refractivity contribution in [2.75, 3.05) is 11.6 Å². The Morgan fingerprint density at radius 1 is 1.29 bits per heavy atom. The van der Waals surface area contributed by atoms with Gasteiger partial charge in [-0.05, 0) is 42.2 Å². The molecule has 4 nitrogen and oxygen atoms in total. The van der Waals surface area contributed by atoms with Gasteiger partial charge in [-0.25, -0.2) is 13.4 Å². The molecule has 110 valence electrons. The minimum atomic E-state index is -3.25. The highest BCUT2D eigenvalue weighted by atomic mass is 79.9. The first-order valence-corrected chi connectivity index (χ1v) is 9.33. The topological polar surface area (TPSA) is 59.1 Å².